The molecule has 0 bridgehead atoms. The van der Waals surface area contributed by atoms with Gasteiger partial charge in [-0.15, -0.1) is 0 Å². The molecule has 15 heavy (non-hydrogen) atoms. The lowest BCUT2D eigenvalue weighted by Gasteiger charge is -2.19. The van der Waals surface area contributed by atoms with Crippen molar-refractivity contribution in [1.82, 2.24) is 0 Å². The highest BCUT2D eigenvalue weighted by atomic mass is 35.5. The lowest BCUT2D eigenvalue weighted by molar-refractivity contribution is 0.171. The fraction of sp³-hybridized carbons (Fsp3) is 0.273. The number of hydrogen-bond donors (Lipinski definition) is 1. The van der Waals surface area contributed by atoms with Crippen molar-refractivity contribution in [3.63, 3.8) is 0 Å². The summed E-state index contributed by atoms with van der Waals surface area (Å²) in [4.78, 5) is 0. The van der Waals surface area contributed by atoms with E-state index in [9.17, 15) is 0 Å². The fourth-order valence-electron chi connectivity index (χ4n) is 1.37. The Hall–Kier alpha value is -1.35. The molecule has 1 aromatic carbocycles. The first-order valence-electron chi connectivity index (χ1n) is 4.79. The van der Waals surface area contributed by atoms with Gasteiger partial charge in [0.05, 0.1) is 0 Å². The predicted octanol–water partition coefficient (Wildman–Crippen LogP) is 2.62. The molecule has 0 unspecified atom stereocenters. The van der Waals surface area contributed by atoms with Crippen LogP contribution in [0, 0.1) is 0 Å². The SMILES string of the molecule is Cl/C=C/CNc1ccc2c(c1)OCCO2. The van der Waals surface area contributed by atoms with Gasteiger partial charge in [-0.2, -0.15) is 0 Å². The topological polar surface area (TPSA) is 30.5 Å². The third-order valence-corrected chi connectivity index (χ3v) is 2.23. The summed E-state index contributed by atoms with van der Waals surface area (Å²) in [6.07, 6.45) is 1.83. The van der Waals surface area contributed by atoms with Crippen LogP contribution in [0.15, 0.2) is 29.8 Å². The minimum absolute atomic E-state index is 0.609. The monoisotopic (exact) mass is 225 g/mol. The molecule has 0 amide bonds. The first-order valence-corrected chi connectivity index (χ1v) is 5.22. The molecule has 0 saturated heterocycles. The molecule has 4 heteroatoms. The summed E-state index contributed by atoms with van der Waals surface area (Å²) in [6, 6.07) is 5.79. The summed E-state index contributed by atoms with van der Waals surface area (Å²) in [6.45, 7) is 1.93. The van der Waals surface area contributed by atoms with Crippen molar-refractivity contribution in [2.45, 2.75) is 0 Å². The quantitative estimate of drug-likeness (QED) is 0.858. The molecule has 1 aliphatic rings. The molecule has 0 spiro atoms. The van der Waals surface area contributed by atoms with Crippen LogP contribution in [0.1, 0.15) is 0 Å². The summed E-state index contributed by atoms with van der Waals surface area (Å²) in [5, 5.41) is 3.19. The molecule has 0 atom stereocenters. The highest BCUT2D eigenvalue weighted by molar-refractivity contribution is 6.25. The van der Waals surface area contributed by atoms with Gasteiger partial charge in [0.2, 0.25) is 0 Å². The second kappa shape index (κ2) is 4.94. The van der Waals surface area contributed by atoms with E-state index in [1.54, 1.807) is 0 Å². The Bertz CT molecular complexity index is 366. The average molecular weight is 226 g/mol. The van der Waals surface area contributed by atoms with Crippen LogP contribution in [0.4, 0.5) is 5.69 Å². The molecule has 0 saturated carbocycles. The van der Waals surface area contributed by atoms with Crippen molar-refractivity contribution in [2.75, 3.05) is 25.1 Å². The van der Waals surface area contributed by atoms with Gasteiger partial charge in [0.1, 0.15) is 13.2 Å². The van der Waals surface area contributed by atoms with E-state index in [4.69, 9.17) is 21.1 Å². The van der Waals surface area contributed by atoms with Crippen molar-refractivity contribution >= 4 is 17.3 Å². The van der Waals surface area contributed by atoms with Crippen LogP contribution in [0.25, 0.3) is 0 Å². The molecule has 1 aliphatic heterocycles. The Balaban J connectivity index is 2.06. The van der Waals surface area contributed by atoms with Crippen LogP contribution in [0.3, 0.4) is 0 Å². The number of hydrogen-bond acceptors (Lipinski definition) is 3. The molecule has 3 nitrogen and oxygen atoms in total. The number of anilines is 1. The molecule has 1 aromatic rings. The van der Waals surface area contributed by atoms with Crippen LogP contribution in [0.5, 0.6) is 11.5 Å². The van der Waals surface area contributed by atoms with Crippen LogP contribution in [-0.2, 0) is 0 Å². The zero-order valence-corrected chi connectivity index (χ0v) is 8.96. The smallest absolute Gasteiger partial charge is 0.163 e. The number of fused-ring (bicyclic) bond motifs is 1. The average Bonchev–Trinajstić information content (AvgIpc) is 2.29. The Kier molecular flexibility index (Phi) is 3.35. The molecule has 0 fully saturated rings. The van der Waals surface area contributed by atoms with Crippen LogP contribution < -0.4 is 14.8 Å². The zero-order valence-electron chi connectivity index (χ0n) is 8.20. The summed E-state index contributed by atoms with van der Waals surface area (Å²) in [5.41, 5.74) is 2.49. The van der Waals surface area contributed by atoms with Crippen molar-refractivity contribution in [1.29, 1.82) is 0 Å². The molecule has 80 valence electrons. The minimum Gasteiger partial charge on any atom is -0.486 e. The largest absolute Gasteiger partial charge is 0.486 e. The predicted molar refractivity (Wildman–Crippen MR) is 60.9 cm³/mol. The van der Waals surface area contributed by atoms with Gasteiger partial charge in [-0.05, 0) is 12.1 Å². The van der Waals surface area contributed by atoms with Gasteiger partial charge in [0.15, 0.2) is 11.5 Å². The number of nitrogens with one attached hydrogen (secondary N) is 1. The van der Waals surface area contributed by atoms with Crippen LogP contribution in [0.2, 0.25) is 0 Å². The first-order chi connectivity index (χ1) is 7.40. The minimum atomic E-state index is 0.609. The Morgan fingerprint density at radius 2 is 2.07 bits per heavy atom. The maximum Gasteiger partial charge on any atom is 0.163 e. The molecular weight excluding hydrogens is 214 g/mol. The molecule has 1 heterocycles. The summed E-state index contributed by atoms with van der Waals surface area (Å²) in [5.74, 6) is 1.60. The van der Waals surface area contributed by atoms with E-state index in [1.807, 2.05) is 24.3 Å². The van der Waals surface area contributed by atoms with E-state index >= 15 is 0 Å². The second-order valence-corrected chi connectivity index (χ2v) is 3.35. The molecular formula is C11H12ClNO2. The van der Waals surface area contributed by atoms with Crippen molar-refractivity contribution in [3.05, 3.63) is 29.8 Å². The highest BCUT2D eigenvalue weighted by Crippen LogP contribution is 2.32. The number of benzene rings is 1. The number of rotatable bonds is 3. The number of ether oxygens (including phenoxy) is 2. The third kappa shape index (κ3) is 2.57. The normalized spacial score (nSPS) is 14.2. The standard InChI is InChI=1S/C11H12ClNO2/c12-4-1-5-13-9-2-3-10-11(8-9)15-7-6-14-10/h1-4,8,13H,5-7H2/b4-1+. The Morgan fingerprint density at radius 1 is 1.27 bits per heavy atom. The lowest BCUT2D eigenvalue weighted by Crippen LogP contribution is -2.15. The van der Waals surface area contributed by atoms with Crippen molar-refractivity contribution in [2.24, 2.45) is 0 Å². The lowest BCUT2D eigenvalue weighted by atomic mass is 10.2. The van der Waals surface area contributed by atoms with Gasteiger partial charge < -0.3 is 14.8 Å². The van der Waals surface area contributed by atoms with E-state index in [0.717, 1.165) is 17.2 Å². The maximum absolute atomic E-state index is 5.46. The number of halogens is 1. The van der Waals surface area contributed by atoms with E-state index in [0.29, 0.717) is 19.8 Å². The summed E-state index contributed by atoms with van der Waals surface area (Å²) in [7, 11) is 0. The van der Waals surface area contributed by atoms with Gasteiger partial charge in [-0.3, -0.25) is 0 Å². The van der Waals surface area contributed by atoms with Gasteiger partial charge in [0.25, 0.3) is 0 Å². The first kappa shape index (κ1) is 10.2. The van der Waals surface area contributed by atoms with E-state index < -0.39 is 0 Å². The molecule has 2 rings (SSSR count). The van der Waals surface area contributed by atoms with Crippen molar-refractivity contribution < 1.29 is 9.47 Å². The van der Waals surface area contributed by atoms with E-state index in [-0.39, 0.29) is 0 Å². The zero-order chi connectivity index (χ0) is 10.5. The highest BCUT2D eigenvalue weighted by Gasteiger charge is 2.10. The van der Waals surface area contributed by atoms with E-state index in [1.165, 1.54) is 5.54 Å². The van der Waals surface area contributed by atoms with Crippen molar-refractivity contribution in [3.8, 4) is 11.5 Å². The molecule has 0 radical (unpaired) electrons. The van der Waals surface area contributed by atoms with Gasteiger partial charge in [0, 0.05) is 23.8 Å². The van der Waals surface area contributed by atoms with Gasteiger partial charge in [-0.25, -0.2) is 0 Å². The van der Waals surface area contributed by atoms with Gasteiger partial charge >= 0.3 is 0 Å². The second-order valence-electron chi connectivity index (χ2n) is 3.10. The summed E-state index contributed by atoms with van der Waals surface area (Å²) >= 11 is 5.42. The van der Waals surface area contributed by atoms with Gasteiger partial charge in [-0.1, -0.05) is 17.7 Å². The van der Waals surface area contributed by atoms with Crippen LogP contribution in [-0.4, -0.2) is 19.8 Å². The van der Waals surface area contributed by atoms with Crippen LogP contribution >= 0.6 is 11.6 Å². The third-order valence-electron chi connectivity index (χ3n) is 2.06. The molecule has 0 aromatic heterocycles. The molecule has 1 N–H and O–H groups in total. The maximum atomic E-state index is 5.46. The summed E-state index contributed by atoms with van der Waals surface area (Å²) < 4.78 is 10.9. The molecule has 0 aliphatic carbocycles. The fourth-order valence-corrected chi connectivity index (χ4v) is 1.46. The van der Waals surface area contributed by atoms with E-state index in [2.05, 4.69) is 5.32 Å². The Morgan fingerprint density at radius 3 is 2.87 bits per heavy atom. The Labute approximate surface area is 93.6 Å².